The predicted octanol–water partition coefficient (Wildman–Crippen LogP) is 0.827. The van der Waals surface area contributed by atoms with Gasteiger partial charge in [-0.25, -0.2) is 0 Å². The van der Waals surface area contributed by atoms with E-state index in [0.29, 0.717) is 6.42 Å². The summed E-state index contributed by atoms with van der Waals surface area (Å²) in [5.41, 5.74) is 9.55. The van der Waals surface area contributed by atoms with Crippen molar-refractivity contribution in [3.05, 3.63) is 17.0 Å². The van der Waals surface area contributed by atoms with E-state index in [0.717, 1.165) is 37.8 Å². The van der Waals surface area contributed by atoms with E-state index in [2.05, 4.69) is 15.5 Å². The molecule has 0 saturated heterocycles. The third-order valence-electron chi connectivity index (χ3n) is 4.41. The monoisotopic (exact) mass is 262 g/mol. The van der Waals surface area contributed by atoms with E-state index in [1.165, 1.54) is 24.1 Å². The summed E-state index contributed by atoms with van der Waals surface area (Å²) in [6.45, 7) is 0. The summed E-state index contributed by atoms with van der Waals surface area (Å²) in [6, 6.07) is 0.350. The Labute approximate surface area is 113 Å². The second kappa shape index (κ2) is 5.33. The minimum absolute atomic E-state index is 0.104. The van der Waals surface area contributed by atoms with E-state index in [-0.39, 0.29) is 18.0 Å². The van der Waals surface area contributed by atoms with Crippen LogP contribution in [0.15, 0.2) is 0 Å². The predicted molar refractivity (Wildman–Crippen MR) is 72.7 cm³/mol. The summed E-state index contributed by atoms with van der Waals surface area (Å²) in [5, 5.41) is 10.5. The maximum atomic E-state index is 11.9. The van der Waals surface area contributed by atoms with Gasteiger partial charge in [0.05, 0.1) is 5.69 Å². The molecule has 1 heterocycles. The molecule has 2 aliphatic carbocycles. The van der Waals surface area contributed by atoms with Crippen molar-refractivity contribution in [2.45, 2.75) is 63.5 Å². The third kappa shape index (κ3) is 2.66. The lowest BCUT2D eigenvalue weighted by Crippen LogP contribution is -2.54. The number of aromatic amines is 1. The topological polar surface area (TPSA) is 83.8 Å². The zero-order chi connectivity index (χ0) is 13.2. The number of H-pyrrole nitrogens is 1. The number of amides is 1. The van der Waals surface area contributed by atoms with Crippen LogP contribution in [-0.2, 0) is 24.1 Å². The zero-order valence-corrected chi connectivity index (χ0v) is 11.2. The Bertz CT molecular complexity index is 468. The van der Waals surface area contributed by atoms with Crippen LogP contribution in [0.1, 0.15) is 49.1 Å². The smallest absolute Gasteiger partial charge is 0.220 e. The number of aryl methyl sites for hydroxylation is 2. The average molecular weight is 262 g/mol. The molecule has 3 rings (SSSR count). The van der Waals surface area contributed by atoms with Crippen LogP contribution in [0.25, 0.3) is 0 Å². The van der Waals surface area contributed by atoms with Gasteiger partial charge >= 0.3 is 0 Å². The van der Waals surface area contributed by atoms with E-state index in [9.17, 15) is 4.79 Å². The molecule has 4 N–H and O–H groups in total. The number of hydrogen-bond acceptors (Lipinski definition) is 3. The molecule has 1 saturated carbocycles. The minimum atomic E-state index is 0.104. The SMILES string of the molecule is N[C@@H]1CC[C@@H]1NC(=O)CCc1n[nH]c2c1CCCC2. The number of nitrogens with zero attached hydrogens (tertiary/aromatic N) is 1. The Morgan fingerprint density at radius 1 is 1.37 bits per heavy atom. The molecule has 2 atom stereocenters. The first-order valence-corrected chi connectivity index (χ1v) is 7.34. The summed E-state index contributed by atoms with van der Waals surface area (Å²) >= 11 is 0. The number of nitrogens with two attached hydrogens (primary N) is 1. The Kier molecular flexibility index (Phi) is 3.55. The molecule has 0 aromatic carbocycles. The molecule has 0 aliphatic heterocycles. The number of nitrogens with one attached hydrogen (secondary N) is 2. The number of carbonyl (C=O) groups is 1. The molecule has 0 unspecified atom stereocenters. The van der Waals surface area contributed by atoms with Crippen molar-refractivity contribution in [2.24, 2.45) is 5.73 Å². The van der Waals surface area contributed by atoms with Crippen LogP contribution in [0.2, 0.25) is 0 Å². The molecule has 0 radical (unpaired) electrons. The Morgan fingerprint density at radius 2 is 2.21 bits per heavy atom. The lowest BCUT2D eigenvalue weighted by molar-refractivity contribution is -0.122. The Balaban J connectivity index is 1.51. The van der Waals surface area contributed by atoms with Gasteiger partial charge in [0.2, 0.25) is 5.91 Å². The highest BCUT2D eigenvalue weighted by Crippen LogP contribution is 2.23. The second-order valence-electron chi connectivity index (χ2n) is 5.75. The van der Waals surface area contributed by atoms with E-state index >= 15 is 0 Å². The van der Waals surface area contributed by atoms with Crippen LogP contribution in [0.3, 0.4) is 0 Å². The molecule has 104 valence electrons. The number of hydrogen-bond donors (Lipinski definition) is 3. The number of aromatic nitrogens is 2. The molecule has 1 amide bonds. The van der Waals surface area contributed by atoms with Crippen molar-refractivity contribution in [2.75, 3.05) is 0 Å². The minimum Gasteiger partial charge on any atom is -0.352 e. The first kappa shape index (κ1) is 12.7. The lowest BCUT2D eigenvalue weighted by atomic mass is 9.87. The van der Waals surface area contributed by atoms with Crippen LogP contribution in [0.5, 0.6) is 0 Å². The van der Waals surface area contributed by atoms with Gasteiger partial charge in [-0.15, -0.1) is 0 Å². The van der Waals surface area contributed by atoms with E-state index in [1.807, 2.05) is 0 Å². The third-order valence-corrected chi connectivity index (χ3v) is 4.41. The van der Waals surface area contributed by atoms with Gasteiger partial charge in [-0.1, -0.05) is 0 Å². The van der Waals surface area contributed by atoms with Crippen molar-refractivity contribution >= 4 is 5.91 Å². The summed E-state index contributed by atoms with van der Waals surface area (Å²) in [6.07, 6.45) is 7.99. The second-order valence-corrected chi connectivity index (χ2v) is 5.75. The van der Waals surface area contributed by atoms with Crippen molar-refractivity contribution in [3.63, 3.8) is 0 Å². The zero-order valence-electron chi connectivity index (χ0n) is 11.2. The van der Waals surface area contributed by atoms with E-state index < -0.39 is 0 Å². The highest BCUT2D eigenvalue weighted by Gasteiger charge is 2.28. The van der Waals surface area contributed by atoms with Gasteiger partial charge in [-0.2, -0.15) is 5.10 Å². The lowest BCUT2D eigenvalue weighted by Gasteiger charge is -2.34. The molecule has 1 aromatic heterocycles. The highest BCUT2D eigenvalue weighted by atomic mass is 16.1. The molecule has 1 fully saturated rings. The summed E-state index contributed by atoms with van der Waals surface area (Å²) in [7, 11) is 0. The fraction of sp³-hybridized carbons (Fsp3) is 0.714. The van der Waals surface area contributed by atoms with Crippen molar-refractivity contribution in [3.8, 4) is 0 Å². The van der Waals surface area contributed by atoms with E-state index in [1.54, 1.807) is 0 Å². The molecule has 0 spiro atoms. The van der Waals surface area contributed by atoms with Gasteiger partial charge in [0.15, 0.2) is 0 Å². The van der Waals surface area contributed by atoms with Gasteiger partial charge in [-0.05, 0) is 44.1 Å². The summed E-state index contributed by atoms with van der Waals surface area (Å²) < 4.78 is 0. The average Bonchev–Trinajstić information content (AvgIpc) is 2.84. The van der Waals surface area contributed by atoms with E-state index in [4.69, 9.17) is 5.73 Å². The fourth-order valence-corrected chi connectivity index (χ4v) is 2.97. The Morgan fingerprint density at radius 3 is 2.95 bits per heavy atom. The molecule has 19 heavy (non-hydrogen) atoms. The summed E-state index contributed by atoms with van der Waals surface area (Å²) in [5.74, 6) is 0.104. The molecule has 5 nitrogen and oxygen atoms in total. The van der Waals surface area contributed by atoms with Crippen molar-refractivity contribution < 1.29 is 4.79 Å². The quantitative estimate of drug-likeness (QED) is 0.751. The van der Waals surface area contributed by atoms with Crippen molar-refractivity contribution in [1.29, 1.82) is 0 Å². The van der Waals surface area contributed by atoms with Crippen LogP contribution >= 0.6 is 0 Å². The van der Waals surface area contributed by atoms with Crippen LogP contribution in [0, 0.1) is 0 Å². The van der Waals surface area contributed by atoms with Crippen LogP contribution in [-0.4, -0.2) is 28.2 Å². The number of rotatable bonds is 4. The van der Waals surface area contributed by atoms with Gasteiger partial charge < -0.3 is 11.1 Å². The maximum Gasteiger partial charge on any atom is 0.220 e. The fourth-order valence-electron chi connectivity index (χ4n) is 2.97. The van der Waals surface area contributed by atoms with Crippen LogP contribution < -0.4 is 11.1 Å². The van der Waals surface area contributed by atoms with Crippen LogP contribution in [0.4, 0.5) is 0 Å². The normalized spacial score (nSPS) is 25.5. The van der Waals surface area contributed by atoms with Gasteiger partial charge in [0.1, 0.15) is 0 Å². The largest absolute Gasteiger partial charge is 0.352 e. The highest BCUT2D eigenvalue weighted by molar-refractivity contribution is 5.76. The summed E-state index contributed by atoms with van der Waals surface area (Å²) in [4.78, 5) is 11.9. The molecule has 1 aromatic rings. The number of fused-ring (bicyclic) bond motifs is 1. The molecular weight excluding hydrogens is 240 g/mol. The molecule has 2 aliphatic rings. The molecular formula is C14H22N4O. The van der Waals surface area contributed by atoms with Gasteiger partial charge in [-0.3, -0.25) is 9.89 Å². The van der Waals surface area contributed by atoms with Gasteiger partial charge in [0.25, 0.3) is 0 Å². The molecule has 0 bridgehead atoms. The first-order chi connectivity index (χ1) is 9.24. The number of carbonyl (C=O) groups excluding carboxylic acids is 1. The van der Waals surface area contributed by atoms with Crippen molar-refractivity contribution in [1.82, 2.24) is 15.5 Å². The maximum absolute atomic E-state index is 11.9. The standard InChI is InChI=1S/C14H22N4O/c15-10-5-6-13(10)16-14(19)8-7-12-9-3-1-2-4-11(9)17-18-12/h10,13H,1-8,15H2,(H,16,19)(H,17,18)/t10-,13+/m1/s1. The van der Waals surface area contributed by atoms with Gasteiger partial charge in [0, 0.05) is 30.6 Å². The Hall–Kier alpha value is -1.36. The first-order valence-electron chi connectivity index (χ1n) is 7.34. The molecule has 5 heteroatoms.